The summed E-state index contributed by atoms with van der Waals surface area (Å²) in [6.07, 6.45) is -3.45. The first-order chi connectivity index (χ1) is 18.9. The van der Waals surface area contributed by atoms with Gasteiger partial charge in [-0.3, -0.25) is 9.88 Å². The molecule has 0 amide bonds. The van der Waals surface area contributed by atoms with E-state index < -0.39 is 30.0 Å². The Bertz CT molecular complexity index is 1320. The number of rotatable bonds is 9. The largest absolute Gasteiger partial charge is 0.508 e. The molecule has 9 heteroatoms. The molecule has 1 atom stereocenters. The highest BCUT2D eigenvalue weighted by molar-refractivity contribution is 5.66. The van der Waals surface area contributed by atoms with Crippen LogP contribution in [0.2, 0.25) is 0 Å². The second-order valence-corrected chi connectivity index (χ2v) is 11.1. The van der Waals surface area contributed by atoms with Gasteiger partial charge in [-0.25, -0.2) is 0 Å². The summed E-state index contributed by atoms with van der Waals surface area (Å²) in [5, 5.41) is 21.7. The Hall–Kier alpha value is -3.40. The molecule has 3 aromatic rings. The third-order valence-electron chi connectivity index (χ3n) is 7.27. The van der Waals surface area contributed by atoms with Crippen LogP contribution in [0.1, 0.15) is 43.5 Å². The number of hydrogen-bond donors (Lipinski definition) is 3. The van der Waals surface area contributed by atoms with Crippen LogP contribution in [0.5, 0.6) is 5.75 Å². The lowest BCUT2D eigenvalue weighted by molar-refractivity contribution is -0.266. The Balaban J connectivity index is 1.56. The maximum absolute atomic E-state index is 14.4. The molecule has 0 bridgehead atoms. The van der Waals surface area contributed by atoms with Crippen molar-refractivity contribution in [2.45, 2.75) is 50.4 Å². The average molecular weight is 556 g/mol. The number of morpholine rings is 1. The lowest BCUT2D eigenvalue weighted by Crippen LogP contribution is -2.50. The monoisotopic (exact) mass is 555 g/mol. The normalized spacial score (nSPS) is 17.0. The van der Waals surface area contributed by atoms with Crippen molar-refractivity contribution < 1.29 is 28.1 Å². The van der Waals surface area contributed by atoms with Gasteiger partial charge in [0.1, 0.15) is 5.75 Å². The molecule has 4 N–H and O–H groups in total. The molecule has 1 aliphatic rings. The molecule has 0 saturated carbocycles. The van der Waals surface area contributed by atoms with Crippen molar-refractivity contribution in [3.8, 4) is 16.9 Å². The van der Waals surface area contributed by atoms with Crippen molar-refractivity contribution in [1.29, 1.82) is 0 Å². The van der Waals surface area contributed by atoms with E-state index in [1.54, 1.807) is 44.3 Å². The van der Waals surface area contributed by atoms with Gasteiger partial charge in [-0.1, -0.05) is 50.2 Å². The lowest BCUT2D eigenvalue weighted by Gasteiger charge is -2.38. The number of phenols is 1. The van der Waals surface area contributed by atoms with Crippen molar-refractivity contribution >= 4 is 6.08 Å². The van der Waals surface area contributed by atoms with Crippen LogP contribution in [0.3, 0.4) is 0 Å². The number of phenolic OH excluding ortho intramolecular Hbond substituents is 1. The maximum atomic E-state index is 14.4. The van der Waals surface area contributed by atoms with Gasteiger partial charge in [0.25, 0.3) is 0 Å². The molecular weight excluding hydrogens is 519 g/mol. The quantitative estimate of drug-likeness (QED) is 0.317. The highest BCUT2D eigenvalue weighted by Crippen LogP contribution is 2.46. The van der Waals surface area contributed by atoms with Gasteiger partial charge in [0.2, 0.25) is 0 Å². The topological polar surface area (TPSA) is 91.8 Å². The second-order valence-electron chi connectivity index (χ2n) is 11.1. The van der Waals surface area contributed by atoms with Crippen LogP contribution in [-0.4, -0.2) is 58.2 Å². The molecule has 1 unspecified atom stereocenters. The SMILES string of the molecule is CC(C)(CC(O)(C/C(N)=C/c1ccnc(CN2CCOCC2)c1)C(F)(F)F)c1cc(-c2ccccc2)ccc1O. The summed E-state index contributed by atoms with van der Waals surface area (Å²) >= 11 is 0. The second kappa shape index (κ2) is 12.0. The van der Waals surface area contributed by atoms with E-state index in [9.17, 15) is 23.4 Å². The number of aliphatic hydroxyl groups is 1. The molecule has 0 spiro atoms. The zero-order valence-electron chi connectivity index (χ0n) is 22.8. The van der Waals surface area contributed by atoms with E-state index in [2.05, 4.69) is 9.88 Å². The van der Waals surface area contributed by atoms with E-state index in [0.29, 0.717) is 30.9 Å². The van der Waals surface area contributed by atoms with Crippen molar-refractivity contribution in [3.63, 3.8) is 0 Å². The average Bonchev–Trinajstić information content (AvgIpc) is 2.89. The first-order valence-corrected chi connectivity index (χ1v) is 13.3. The molecule has 1 aromatic heterocycles. The van der Waals surface area contributed by atoms with Crippen molar-refractivity contribution in [1.82, 2.24) is 9.88 Å². The van der Waals surface area contributed by atoms with Gasteiger partial charge in [0, 0.05) is 43.5 Å². The van der Waals surface area contributed by atoms with E-state index >= 15 is 0 Å². The fourth-order valence-electron chi connectivity index (χ4n) is 5.24. The summed E-state index contributed by atoms with van der Waals surface area (Å²) in [5.74, 6) is -0.137. The molecule has 1 saturated heterocycles. The molecule has 2 heterocycles. The Morgan fingerprint density at radius 3 is 2.40 bits per heavy atom. The number of halogens is 3. The van der Waals surface area contributed by atoms with Crippen LogP contribution < -0.4 is 5.73 Å². The molecule has 0 aliphatic carbocycles. The summed E-state index contributed by atoms with van der Waals surface area (Å²) in [6, 6.07) is 17.7. The van der Waals surface area contributed by atoms with Gasteiger partial charge >= 0.3 is 6.18 Å². The van der Waals surface area contributed by atoms with Gasteiger partial charge in [-0.05, 0) is 58.9 Å². The van der Waals surface area contributed by atoms with E-state index in [4.69, 9.17) is 10.5 Å². The van der Waals surface area contributed by atoms with E-state index in [-0.39, 0.29) is 11.4 Å². The molecule has 1 fully saturated rings. The van der Waals surface area contributed by atoms with Gasteiger partial charge in [0.05, 0.1) is 18.9 Å². The van der Waals surface area contributed by atoms with Gasteiger partial charge < -0.3 is 20.7 Å². The van der Waals surface area contributed by atoms with Crippen molar-refractivity contribution in [2.24, 2.45) is 5.73 Å². The number of hydrogen-bond acceptors (Lipinski definition) is 6. The summed E-state index contributed by atoms with van der Waals surface area (Å²) in [4.78, 5) is 6.56. The van der Waals surface area contributed by atoms with Crippen LogP contribution in [0, 0.1) is 0 Å². The molecule has 2 aromatic carbocycles. The number of pyridine rings is 1. The Labute approximate surface area is 232 Å². The predicted octanol–water partition coefficient (Wildman–Crippen LogP) is 5.64. The Morgan fingerprint density at radius 1 is 1.02 bits per heavy atom. The summed E-state index contributed by atoms with van der Waals surface area (Å²) in [6.45, 7) is 6.60. The van der Waals surface area contributed by atoms with Gasteiger partial charge in [0.15, 0.2) is 5.60 Å². The van der Waals surface area contributed by atoms with Crippen LogP contribution >= 0.6 is 0 Å². The van der Waals surface area contributed by atoms with E-state index in [1.807, 2.05) is 30.3 Å². The molecular formula is C31H36F3N3O3. The number of alkyl halides is 3. The first kappa shape index (κ1) is 29.6. The highest BCUT2D eigenvalue weighted by atomic mass is 19.4. The number of nitrogens with two attached hydrogens (primary N) is 1. The molecule has 40 heavy (non-hydrogen) atoms. The first-order valence-electron chi connectivity index (χ1n) is 13.3. The van der Waals surface area contributed by atoms with Crippen LogP contribution in [0.25, 0.3) is 17.2 Å². The molecule has 0 radical (unpaired) electrons. The number of ether oxygens (including phenoxy) is 1. The van der Waals surface area contributed by atoms with E-state index in [0.717, 1.165) is 29.9 Å². The Kier molecular flexibility index (Phi) is 8.87. The van der Waals surface area contributed by atoms with Crippen LogP contribution in [0.4, 0.5) is 13.2 Å². The number of aromatic hydroxyl groups is 1. The molecule has 4 rings (SSSR count). The fraction of sp³-hybridized carbons (Fsp3) is 0.387. The minimum atomic E-state index is -4.96. The highest BCUT2D eigenvalue weighted by Gasteiger charge is 2.56. The van der Waals surface area contributed by atoms with Crippen LogP contribution in [-0.2, 0) is 16.7 Å². The maximum Gasteiger partial charge on any atom is 0.417 e. The molecule has 214 valence electrons. The van der Waals surface area contributed by atoms with Crippen LogP contribution in [0.15, 0.2) is 72.6 Å². The summed E-state index contributed by atoms with van der Waals surface area (Å²) in [5.41, 5.74) is 4.92. The number of nitrogens with zero attached hydrogens (tertiary/aromatic N) is 2. The third-order valence-corrected chi connectivity index (χ3v) is 7.27. The zero-order valence-corrected chi connectivity index (χ0v) is 22.8. The van der Waals surface area contributed by atoms with Crippen molar-refractivity contribution in [2.75, 3.05) is 26.3 Å². The lowest BCUT2D eigenvalue weighted by atomic mass is 9.72. The smallest absolute Gasteiger partial charge is 0.417 e. The zero-order chi connectivity index (χ0) is 29.0. The number of aromatic nitrogens is 1. The third kappa shape index (κ3) is 7.21. The van der Waals surface area contributed by atoms with Gasteiger partial charge in [-0.15, -0.1) is 0 Å². The standard InChI is InChI=1S/C31H36F3N3O3/c1-29(2,27-18-24(8-9-28(27)38)23-6-4-3-5-7-23)21-30(39,31(32,33)34)19-25(35)16-22-10-11-36-26(17-22)20-37-12-14-40-15-13-37/h3-11,16-18,38-39H,12-15,19-21,35H2,1-2H3/b25-16-. The molecule has 6 nitrogen and oxygen atoms in total. The molecule has 1 aliphatic heterocycles. The number of benzene rings is 2. The Morgan fingerprint density at radius 2 is 1.73 bits per heavy atom. The summed E-state index contributed by atoms with van der Waals surface area (Å²) in [7, 11) is 0. The minimum Gasteiger partial charge on any atom is -0.508 e. The predicted molar refractivity (Wildman–Crippen MR) is 149 cm³/mol. The van der Waals surface area contributed by atoms with Gasteiger partial charge in [-0.2, -0.15) is 13.2 Å². The van der Waals surface area contributed by atoms with E-state index in [1.165, 1.54) is 12.1 Å². The summed E-state index contributed by atoms with van der Waals surface area (Å²) < 4.78 is 48.6. The minimum absolute atomic E-state index is 0.110. The van der Waals surface area contributed by atoms with Crippen molar-refractivity contribution in [3.05, 3.63) is 89.4 Å². The fourth-order valence-corrected chi connectivity index (χ4v) is 5.24.